The minimum absolute atomic E-state index is 0.000199. The topological polar surface area (TPSA) is 122 Å². The molecule has 0 unspecified atom stereocenters. The fourth-order valence-corrected chi connectivity index (χ4v) is 5.75. The summed E-state index contributed by atoms with van der Waals surface area (Å²) in [6, 6.07) is 0. The molecular formula is C19H26N6O4S. The first-order chi connectivity index (χ1) is 14.6. The summed E-state index contributed by atoms with van der Waals surface area (Å²) >= 11 is 1.71. The SMILES string of the molecule is O=C(CCn1cnnc1)NC[C@H]1[C@H]2CN(Cc3nccs3)C[C@]23CC[C@H]1O3.O=CO. The van der Waals surface area contributed by atoms with Crippen LogP contribution in [0.5, 0.6) is 0 Å². The molecule has 2 aromatic heterocycles. The van der Waals surface area contributed by atoms with Gasteiger partial charge < -0.3 is 19.7 Å². The van der Waals surface area contributed by atoms with E-state index >= 15 is 0 Å². The number of carboxylic acid groups (broad SMARTS) is 1. The Hall–Kier alpha value is -2.37. The van der Waals surface area contributed by atoms with Crippen LogP contribution >= 0.6 is 11.3 Å². The van der Waals surface area contributed by atoms with Crippen molar-refractivity contribution >= 4 is 23.7 Å². The average Bonchev–Trinajstić information content (AvgIpc) is 3.53. The second kappa shape index (κ2) is 9.19. The molecule has 3 aliphatic heterocycles. The zero-order valence-corrected chi connectivity index (χ0v) is 17.4. The van der Waals surface area contributed by atoms with Crippen LogP contribution in [0.4, 0.5) is 0 Å². The first kappa shape index (κ1) is 20.9. The maximum atomic E-state index is 12.2. The summed E-state index contributed by atoms with van der Waals surface area (Å²) in [6.45, 7) is 4.01. The van der Waals surface area contributed by atoms with Gasteiger partial charge in [0.15, 0.2) is 0 Å². The molecule has 11 heteroatoms. The molecule has 10 nitrogen and oxygen atoms in total. The lowest BCUT2D eigenvalue weighted by atomic mass is 9.73. The monoisotopic (exact) mass is 434 g/mol. The predicted octanol–water partition coefficient (Wildman–Crippen LogP) is 0.621. The summed E-state index contributed by atoms with van der Waals surface area (Å²) in [5, 5.41) is 20.7. The van der Waals surface area contributed by atoms with Gasteiger partial charge in [-0.15, -0.1) is 21.5 Å². The summed E-state index contributed by atoms with van der Waals surface area (Å²) in [7, 11) is 0. The Kier molecular flexibility index (Phi) is 6.40. The van der Waals surface area contributed by atoms with Gasteiger partial charge in [0.2, 0.25) is 5.91 Å². The molecule has 162 valence electrons. The third-order valence-electron chi connectivity index (χ3n) is 6.30. The van der Waals surface area contributed by atoms with Crippen LogP contribution < -0.4 is 5.32 Å². The van der Waals surface area contributed by atoms with E-state index < -0.39 is 0 Å². The van der Waals surface area contributed by atoms with Crippen LogP contribution in [0.1, 0.15) is 24.3 Å². The van der Waals surface area contributed by atoms with Crippen LogP contribution in [0.3, 0.4) is 0 Å². The number of hydrogen-bond acceptors (Lipinski definition) is 8. The molecule has 4 atom stereocenters. The Morgan fingerprint density at radius 1 is 1.43 bits per heavy atom. The summed E-state index contributed by atoms with van der Waals surface area (Å²) in [6.07, 6.45) is 8.15. The van der Waals surface area contributed by atoms with Crippen molar-refractivity contribution in [1.82, 2.24) is 30.0 Å². The largest absolute Gasteiger partial charge is 0.483 e. The molecule has 1 amide bonds. The van der Waals surface area contributed by atoms with Crippen molar-refractivity contribution < 1.29 is 19.4 Å². The zero-order chi connectivity index (χ0) is 21.0. The maximum Gasteiger partial charge on any atom is 0.290 e. The Morgan fingerprint density at radius 3 is 2.97 bits per heavy atom. The van der Waals surface area contributed by atoms with E-state index in [0.29, 0.717) is 37.5 Å². The second-order valence-corrected chi connectivity index (χ2v) is 8.96. The molecule has 2 aromatic rings. The number of amides is 1. The molecule has 5 heterocycles. The van der Waals surface area contributed by atoms with Crippen molar-refractivity contribution in [3.05, 3.63) is 29.2 Å². The molecule has 2 bridgehead atoms. The number of carbonyl (C=O) groups excluding carboxylic acids is 1. The van der Waals surface area contributed by atoms with Gasteiger partial charge in [-0.2, -0.15) is 0 Å². The third kappa shape index (κ3) is 4.37. The van der Waals surface area contributed by atoms with Gasteiger partial charge in [-0.3, -0.25) is 14.5 Å². The number of carbonyl (C=O) groups is 2. The number of likely N-dealkylation sites (tertiary alicyclic amines) is 1. The number of rotatable bonds is 7. The first-order valence-corrected chi connectivity index (χ1v) is 11.0. The molecule has 0 radical (unpaired) electrons. The van der Waals surface area contributed by atoms with Crippen molar-refractivity contribution in [3.8, 4) is 0 Å². The lowest BCUT2D eigenvalue weighted by molar-refractivity contribution is -0.123. The molecule has 0 aliphatic carbocycles. The lowest BCUT2D eigenvalue weighted by Crippen LogP contribution is -2.42. The Labute approximate surface area is 178 Å². The molecule has 5 rings (SSSR count). The van der Waals surface area contributed by atoms with Gasteiger partial charge in [0.1, 0.15) is 17.7 Å². The average molecular weight is 435 g/mol. The molecule has 0 saturated carbocycles. The van der Waals surface area contributed by atoms with Crippen LogP contribution in [0.15, 0.2) is 24.2 Å². The highest BCUT2D eigenvalue weighted by Gasteiger charge is 2.62. The number of thiazole rings is 1. The Morgan fingerprint density at radius 2 is 2.23 bits per heavy atom. The van der Waals surface area contributed by atoms with Crippen molar-refractivity contribution in [2.75, 3.05) is 19.6 Å². The summed E-state index contributed by atoms with van der Waals surface area (Å²) < 4.78 is 8.29. The fourth-order valence-electron chi connectivity index (χ4n) is 5.09. The molecule has 3 fully saturated rings. The normalized spacial score (nSPS) is 29.3. The van der Waals surface area contributed by atoms with Crippen LogP contribution in [-0.2, 0) is 27.4 Å². The van der Waals surface area contributed by atoms with Crippen LogP contribution in [0.2, 0.25) is 0 Å². The van der Waals surface area contributed by atoms with E-state index in [1.54, 1.807) is 24.0 Å². The summed E-state index contributed by atoms with van der Waals surface area (Å²) in [5.41, 5.74) is -0.000199. The number of aromatic nitrogens is 4. The first-order valence-electron chi connectivity index (χ1n) is 10.1. The smallest absolute Gasteiger partial charge is 0.290 e. The van der Waals surface area contributed by atoms with Gasteiger partial charge >= 0.3 is 0 Å². The number of aryl methyl sites for hydroxylation is 1. The number of nitrogens with zero attached hydrogens (tertiary/aromatic N) is 5. The lowest BCUT2D eigenvalue weighted by Gasteiger charge is -2.29. The predicted molar refractivity (Wildman–Crippen MR) is 108 cm³/mol. The van der Waals surface area contributed by atoms with E-state index in [9.17, 15) is 4.79 Å². The van der Waals surface area contributed by atoms with E-state index in [1.165, 1.54) is 5.01 Å². The standard InChI is InChI=1S/C18H24N6O2S.CH2O2/c25-16(2-5-23-11-21-22-12-23)20-7-13-14-8-24(9-17-19-4-6-27-17)10-18(14)3-1-15(13)26-18;2-1-3/h4,6,11-15H,1-3,5,7-10H2,(H,20,25);1H,(H,2,3)/t13-,14+,15+,18+;/m0./s1. The van der Waals surface area contributed by atoms with Crippen molar-refractivity contribution in [2.45, 2.75) is 44.1 Å². The highest BCUT2D eigenvalue weighted by atomic mass is 32.1. The third-order valence-corrected chi connectivity index (χ3v) is 7.06. The van der Waals surface area contributed by atoms with E-state index in [4.69, 9.17) is 14.6 Å². The van der Waals surface area contributed by atoms with Crippen LogP contribution in [0, 0.1) is 11.8 Å². The van der Waals surface area contributed by atoms with Crippen LogP contribution in [0.25, 0.3) is 0 Å². The van der Waals surface area contributed by atoms with Crippen molar-refractivity contribution in [1.29, 1.82) is 0 Å². The number of ether oxygens (including phenoxy) is 1. The van der Waals surface area contributed by atoms with Gasteiger partial charge in [0.25, 0.3) is 6.47 Å². The van der Waals surface area contributed by atoms with Gasteiger partial charge in [-0.1, -0.05) is 0 Å². The molecule has 3 aliphatic rings. The molecule has 2 N–H and O–H groups in total. The van der Waals surface area contributed by atoms with Crippen LogP contribution in [-0.4, -0.2) is 73.5 Å². The minimum atomic E-state index is -0.250. The molecule has 1 spiro atoms. The quantitative estimate of drug-likeness (QED) is 0.608. The van der Waals surface area contributed by atoms with E-state index in [0.717, 1.165) is 32.5 Å². The Balaban J connectivity index is 0.000000687. The summed E-state index contributed by atoms with van der Waals surface area (Å²) in [4.78, 5) is 27.5. The van der Waals surface area contributed by atoms with E-state index in [-0.39, 0.29) is 18.0 Å². The number of hydrogen-bond donors (Lipinski definition) is 2. The highest BCUT2D eigenvalue weighted by molar-refractivity contribution is 7.09. The minimum Gasteiger partial charge on any atom is -0.483 e. The highest BCUT2D eigenvalue weighted by Crippen LogP contribution is 2.54. The van der Waals surface area contributed by atoms with Gasteiger partial charge in [-0.05, 0) is 12.8 Å². The number of fused-ring (bicyclic) bond motifs is 1. The maximum absolute atomic E-state index is 12.2. The van der Waals surface area contributed by atoms with Gasteiger partial charge in [0, 0.05) is 56.0 Å². The van der Waals surface area contributed by atoms with E-state index in [2.05, 4.69) is 25.4 Å². The second-order valence-electron chi connectivity index (χ2n) is 7.98. The van der Waals surface area contributed by atoms with Gasteiger partial charge in [-0.25, -0.2) is 4.98 Å². The molecule has 30 heavy (non-hydrogen) atoms. The van der Waals surface area contributed by atoms with Crippen molar-refractivity contribution in [3.63, 3.8) is 0 Å². The zero-order valence-electron chi connectivity index (χ0n) is 16.6. The molecular weight excluding hydrogens is 408 g/mol. The fraction of sp³-hybridized carbons (Fsp3) is 0.632. The summed E-state index contributed by atoms with van der Waals surface area (Å²) in [5.74, 6) is 1.01. The van der Waals surface area contributed by atoms with Crippen molar-refractivity contribution in [2.24, 2.45) is 11.8 Å². The molecule has 0 aromatic carbocycles. The Bertz CT molecular complexity index is 832. The van der Waals surface area contributed by atoms with Gasteiger partial charge in [0.05, 0.1) is 18.2 Å². The molecule has 3 saturated heterocycles. The van der Waals surface area contributed by atoms with E-state index in [1.807, 2.05) is 16.1 Å². The number of nitrogens with one attached hydrogen (secondary N) is 1.